The van der Waals surface area contributed by atoms with E-state index < -0.39 is 0 Å². The van der Waals surface area contributed by atoms with Gasteiger partial charge in [0.2, 0.25) is 0 Å². The summed E-state index contributed by atoms with van der Waals surface area (Å²) in [5.74, 6) is 0. The molecule has 0 saturated carbocycles. The third kappa shape index (κ3) is 4.42. The van der Waals surface area contributed by atoms with Gasteiger partial charge >= 0.3 is 11.7 Å². The zero-order valence-electron chi connectivity index (χ0n) is 7.54. The number of nitrogens with zero attached hydrogens (tertiary/aromatic N) is 1. The first-order chi connectivity index (χ1) is 6.93. The van der Waals surface area contributed by atoms with Crippen molar-refractivity contribution in [1.29, 1.82) is 0 Å². The fourth-order valence-electron chi connectivity index (χ4n) is 0.789. The van der Waals surface area contributed by atoms with E-state index in [1.54, 1.807) is 24.5 Å². The summed E-state index contributed by atoms with van der Waals surface area (Å²) >= 11 is 0.519. The lowest BCUT2D eigenvalue weighted by molar-refractivity contribution is 0.605. The second-order valence-corrected chi connectivity index (χ2v) is 3.06. The van der Waals surface area contributed by atoms with Crippen LogP contribution in [0.5, 0.6) is 0 Å². The molecule has 14 heavy (non-hydrogen) atoms. The maximum atomic E-state index is 10.0. The van der Waals surface area contributed by atoms with Gasteiger partial charge in [0.05, 0.1) is 0 Å². The van der Waals surface area contributed by atoms with Gasteiger partial charge in [0.25, 0.3) is 4.90 Å². The van der Waals surface area contributed by atoms with E-state index in [0.29, 0.717) is 11.7 Å². The summed E-state index contributed by atoms with van der Waals surface area (Å²) in [6, 6.07) is 14.9. The van der Waals surface area contributed by atoms with Crippen LogP contribution in [-0.4, -0.2) is 4.98 Å². The first kappa shape index (κ1) is 10.5. The van der Waals surface area contributed by atoms with Crippen LogP contribution in [0.25, 0.3) is 0 Å². The Morgan fingerprint density at radius 1 is 0.857 bits per heavy atom. The van der Waals surface area contributed by atoms with E-state index in [2.05, 4.69) is 4.98 Å². The van der Waals surface area contributed by atoms with E-state index in [9.17, 15) is 4.21 Å². The predicted molar refractivity (Wildman–Crippen MR) is 57.0 cm³/mol. The molecule has 0 fully saturated rings. The van der Waals surface area contributed by atoms with Crippen molar-refractivity contribution in [3.63, 3.8) is 0 Å². The molecule has 0 amide bonds. The predicted octanol–water partition coefficient (Wildman–Crippen LogP) is 2.56. The van der Waals surface area contributed by atoms with Gasteiger partial charge in [-0.05, 0) is 12.1 Å². The molecule has 1 heterocycles. The number of aromatic nitrogens is 1. The van der Waals surface area contributed by atoms with E-state index in [-0.39, 0.29) is 0 Å². The van der Waals surface area contributed by atoms with Crippen molar-refractivity contribution < 1.29 is 4.21 Å². The zero-order chi connectivity index (χ0) is 10.1. The summed E-state index contributed by atoms with van der Waals surface area (Å²) in [5, 5.41) is 0. The minimum absolute atomic E-state index is 0.519. The quantitative estimate of drug-likeness (QED) is 0.668. The fourth-order valence-corrected chi connectivity index (χ4v) is 1.06. The molecule has 70 valence electrons. The topological polar surface area (TPSA) is 30.0 Å². The Kier molecular flexibility index (Phi) is 5.13. The van der Waals surface area contributed by atoms with Crippen LogP contribution >= 0.6 is 0 Å². The van der Waals surface area contributed by atoms with Crippen LogP contribution in [0.2, 0.25) is 0 Å². The Labute approximate surface area is 87.1 Å². The number of hydrogen-bond donors (Lipinski definition) is 0. The summed E-state index contributed by atoms with van der Waals surface area (Å²) in [5.41, 5.74) is 0. The van der Waals surface area contributed by atoms with Crippen LogP contribution in [-0.2, 0) is 15.9 Å². The van der Waals surface area contributed by atoms with Crippen molar-refractivity contribution in [3.05, 3.63) is 60.9 Å². The molecule has 1 aromatic carbocycles. The number of benzene rings is 1. The van der Waals surface area contributed by atoms with E-state index in [1.807, 2.05) is 36.4 Å². The number of pyridine rings is 1. The van der Waals surface area contributed by atoms with Gasteiger partial charge < -0.3 is 0 Å². The fraction of sp³-hybridized carbons (Fsp3) is 0. The minimum atomic E-state index is 0.519. The normalized spacial score (nSPS) is 8.29. The number of rotatable bonds is 1. The molecule has 2 rings (SSSR count). The molecule has 0 aliphatic heterocycles. The van der Waals surface area contributed by atoms with Crippen LogP contribution in [0.15, 0.2) is 65.8 Å². The molecule has 0 N–H and O–H groups in total. The lowest BCUT2D eigenvalue weighted by Crippen LogP contribution is -1.66. The lowest BCUT2D eigenvalue weighted by Gasteiger charge is -1.70. The van der Waals surface area contributed by atoms with E-state index in [4.69, 9.17) is 0 Å². The Morgan fingerprint density at radius 3 is 1.71 bits per heavy atom. The first-order valence-corrected chi connectivity index (χ1v) is 4.87. The average Bonchev–Trinajstić information content (AvgIpc) is 2.33. The van der Waals surface area contributed by atoms with E-state index in [1.165, 1.54) is 0 Å². The molecule has 0 saturated heterocycles. The number of hydrogen-bond acceptors (Lipinski definition) is 2. The van der Waals surface area contributed by atoms with Gasteiger partial charge in [0.15, 0.2) is 0 Å². The van der Waals surface area contributed by atoms with E-state index in [0.717, 1.165) is 4.90 Å². The Bertz CT molecular complexity index is 323. The van der Waals surface area contributed by atoms with Crippen LogP contribution in [0.1, 0.15) is 0 Å². The Balaban J connectivity index is 0.000000146. The van der Waals surface area contributed by atoms with Crippen LogP contribution in [0.3, 0.4) is 0 Å². The molecule has 0 aliphatic carbocycles. The highest BCUT2D eigenvalue weighted by Gasteiger charge is 1.99. The van der Waals surface area contributed by atoms with Crippen molar-refractivity contribution in [2.75, 3.05) is 0 Å². The third-order valence-corrected chi connectivity index (χ3v) is 1.87. The second kappa shape index (κ2) is 6.86. The highest BCUT2D eigenvalue weighted by Crippen LogP contribution is 1.95. The van der Waals surface area contributed by atoms with Crippen LogP contribution < -0.4 is 0 Å². The van der Waals surface area contributed by atoms with Crippen molar-refractivity contribution in [1.82, 2.24) is 4.98 Å². The highest BCUT2D eigenvalue weighted by atomic mass is 32.1. The Morgan fingerprint density at radius 2 is 1.43 bits per heavy atom. The van der Waals surface area contributed by atoms with Crippen LogP contribution in [0, 0.1) is 0 Å². The molecule has 0 bridgehead atoms. The Hall–Kier alpha value is -1.61. The van der Waals surface area contributed by atoms with Gasteiger partial charge in [0.1, 0.15) is 0 Å². The molecule has 2 nitrogen and oxygen atoms in total. The monoisotopic (exact) mass is 204 g/mol. The summed E-state index contributed by atoms with van der Waals surface area (Å²) < 4.78 is 10.0. The smallest absolute Gasteiger partial charge is 0.265 e. The molecule has 2 aromatic rings. The highest BCUT2D eigenvalue weighted by molar-refractivity contribution is 7.65. The zero-order valence-corrected chi connectivity index (χ0v) is 8.35. The second-order valence-electron chi connectivity index (χ2n) is 2.42. The van der Waals surface area contributed by atoms with E-state index >= 15 is 0 Å². The molecule has 0 aliphatic rings. The van der Waals surface area contributed by atoms with Crippen molar-refractivity contribution in [2.45, 2.75) is 4.90 Å². The van der Waals surface area contributed by atoms with Crippen LogP contribution in [0.4, 0.5) is 0 Å². The SMILES string of the molecule is O=[S+]c1ccccc1.c1ccncc1. The summed E-state index contributed by atoms with van der Waals surface area (Å²) in [4.78, 5) is 4.56. The third-order valence-electron chi connectivity index (χ3n) is 1.41. The van der Waals surface area contributed by atoms with Gasteiger partial charge in [-0.25, -0.2) is 0 Å². The summed E-state index contributed by atoms with van der Waals surface area (Å²) in [6.07, 6.45) is 3.50. The molecular formula is C11H10NOS+. The maximum Gasteiger partial charge on any atom is 0.505 e. The average molecular weight is 204 g/mol. The van der Waals surface area contributed by atoms with Gasteiger partial charge in [-0.2, -0.15) is 0 Å². The molecule has 0 spiro atoms. The largest absolute Gasteiger partial charge is 0.505 e. The molecule has 0 atom stereocenters. The van der Waals surface area contributed by atoms with Gasteiger partial charge in [-0.1, -0.05) is 24.3 Å². The van der Waals surface area contributed by atoms with Crippen molar-refractivity contribution >= 4 is 11.7 Å². The first-order valence-electron chi connectivity index (χ1n) is 4.13. The molecule has 0 radical (unpaired) electrons. The standard InChI is InChI=1S/C6H5OS.C5H5N/c7-8-6-4-2-1-3-5-6;1-2-4-6-5-3-1/h1-5H;1-5H/q+1;. The summed E-state index contributed by atoms with van der Waals surface area (Å²) in [6.45, 7) is 0. The maximum absolute atomic E-state index is 10.0. The van der Waals surface area contributed by atoms with Gasteiger partial charge in [0, 0.05) is 28.7 Å². The molecule has 1 aromatic heterocycles. The van der Waals surface area contributed by atoms with Gasteiger partial charge in [-0.3, -0.25) is 4.98 Å². The van der Waals surface area contributed by atoms with Crippen molar-refractivity contribution in [2.24, 2.45) is 0 Å². The molecular weight excluding hydrogens is 194 g/mol. The van der Waals surface area contributed by atoms with Gasteiger partial charge in [-0.15, -0.1) is 0 Å². The molecule has 3 heteroatoms. The summed E-state index contributed by atoms with van der Waals surface area (Å²) in [7, 11) is 0. The molecule has 0 unspecified atom stereocenters. The lowest BCUT2D eigenvalue weighted by atomic mass is 10.4. The van der Waals surface area contributed by atoms with Crippen molar-refractivity contribution in [3.8, 4) is 0 Å². The minimum Gasteiger partial charge on any atom is -0.265 e.